The van der Waals surface area contributed by atoms with Crippen LogP contribution in [0.3, 0.4) is 0 Å². The van der Waals surface area contributed by atoms with Crippen molar-refractivity contribution in [3.05, 3.63) is 34.9 Å². The predicted molar refractivity (Wildman–Crippen MR) is 81.4 cm³/mol. The third kappa shape index (κ3) is 2.11. The van der Waals surface area contributed by atoms with Crippen LogP contribution in [0.5, 0.6) is 0 Å². The maximum absolute atomic E-state index is 6.04. The van der Waals surface area contributed by atoms with Crippen molar-refractivity contribution >= 4 is 44.8 Å². The number of anilines is 2. The highest BCUT2D eigenvalue weighted by atomic mass is 35.5. The van der Waals surface area contributed by atoms with E-state index >= 15 is 0 Å². The molecule has 0 unspecified atom stereocenters. The second-order valence-electron chi connectivity index (χ2n) is 4.23. The van der Waals surface area contributed by atoms with Gasteiger partial charge in [0.1, 0.15) is 5.82 Å². The van der Waals surface area contributed by atoms with Crippen molar-refractivity contribution < 1.29 is 0 Å². The number of thiophene rings is 1. The van der Waals surface area contributed by atoms with Gasteiger partial charge in [-0.2, -0.15) is 4.98 Å². The molecular formula is C13H11ClN4S. The Kier molecular flexibility index (Phi) is 2.80. The molecule has 6 heteroatoms. The van der Waals surface area contributed by atoms with E-state index in [2.05, 4.69) is 9.97 Å². The monoisotopic (exact) mass is 290 g/mol. The minimum Gasteiger partial charge on any atom is -0.384 e. The first-order chi connectivity index (χ1) is 9.04. The number of aryl methyl sites for hydroxylation is 1. The van der Waals surface area contributed by atoms with Gasteiger partial charge in [0.15, 0.2) is 0 Å². The van der Waals surface area contributed by atoms with Crippen LogP contribution in [0, 0.1) is 6.92 Å². The Labute approximate surface area is 119 Å². The molecular weight excluding hydrogens is 280 g/mol. The summed E-state index contributed by atoms with van der Waals surface area (Å²) in [5.41, 5.74) is 13.2. The number of halogens is 1. The lowest BCUT2D eigenvalue weighted by atomic mass is 10.1. The fourth-order valence-corrected chi connectivity index (χ4v) is 3.36. The molecule has 0 atom stereocenters. The van der Waals surface area contributed by atoms with E-state index in [4.69, 9.17) is 23.1 Å². The molecule has 0 amide bonds. The van der Waals surface area contributed by atoms with Crippen molar-refractivity contribution in [2.24, 2.45) is 0 Å². The van der Waals surface area contributed by atoms with Crippen LogP contribution in [0.2, 0.25) is 5.02 Å². The number of rotatable bonds is 1. The smallest absolute Gasteiger partial charge is 0.222 e. The van der Waals surface area contributed by atoms with Crippen molar-refractivity contribution in [2.45, 2.75) is 6.92 Å². The zero-order valence-corrected chi connectivity index (χ0v) is 11.7. The molecule has 0 bridgehead atoms. The van der Waals surface area contributed by atoms with Crippen LogP contribution < -0.4 is 11.5 Å². The molecule has 1 aromatic carbocycles. The number of nitrogen functional groups attached to an aromatic ring is 2. The average Bonchev–Trinajstić information content (AvgIpc) is 2.66. The normalized spacial score (nSPS) is 11.1. The second kappa shape index (κ2) is 4.36. The molecule has 3 rings (SSSR count). The Morgan fingerprint density at radius 3 is 2.68 bits per heavy atom. The lowest BCUT2D eigenvalue weighted by molar-refractivity contribution is 1.20. The van der Waals surface area contributed by atoms with Crippen LogP contribution >= 0.6 is 22.9 Å². The van der Waals surface area contributed by atoms with Gasteiger partial charge in [-0.3, -0.25) is 0 Å². The van der Waals surface area contributed by atoms with Crippen molar-refractivity contribution in [1.29, 1.82) is 0 Å². The van der Waals surface area contributed by atoms with Gasteiger partial charge in [-0.15, -0.1) is 11.3 Å². The van der Waals surface area contributed by atoms with Gasteiger partial charge in [0.2, 0.25) is 5.95 Å². The lowest BCUT2D eigenvalue weighted by Gasteiger charge is -2.02. The first-order valence-corrected chi connectivity index (χ1v) is 6.83. The zero-order valence-electron chi connectivity index (χ0n) is 10.1. The van der Waals surface area contributed by atoms with Gasteiger partial charge in [-0.25, -0.2) is 4.98 Å². The molecule has 0 saturated heterocycles. The first kappa shape index (κ1) is 12.2. The van der Waals surface area contributed by atoms with Gasteiger partial charge in [-0.1, -0.05) is 11.6 Å². The Bertz CT molecular complexity index is 761. The van der Waals surface area contributed by atoms with Gasteiger partial charge in [0, 0.05) is 15.8 Å². The van der Waals surface area contributed by atoms with Gasteiger partial charge in [0.25, 0.3) is 0 Å². The van der Waals surface area contributed by atoms with Gasteiger partial charge < -0.3 is 11.5 Å². The summed E-state index contributed by atoms with van der Waals surface area (Å²) in [4.78, 5) is 9.17. The highest BCUT2D eigenvalue weighted by molar-refractivity contribution is 7.22. The van der Waals surface area contributed by atoms with Crippen LogP contribution in [-0.2, 0) is 0 Å². The zero-order chi connectivity index (χ0) is 13.6. The van der Waals surface area contributed by atoms with Crippen LogP contribution in [-0.4, -0.2) is 9.97 Å². The first-order valence-electron chi connectivity index (χ1n) is 5.63. The van der Waals surface area contributed by atoms with Crippen molar-refractivity contribution in [3.8, 4) is 10.6 Å². The van der Waals surface area contributed by atoms with E-state index in [0.29, 0.717) is 5.82 Å². The highest BCUT2D eigenvalue weighted by Gasteiger charge is 2.13. The van der Waals surface area contributed by atoms with Crippen LogP contribution in [0.1, 0.15) is 5.56 Å². The summed E-state index contributed by atoms with van der Waals surface area (Å²) in [6, 6.07) is 7.58. The topological polar surface area (TPSA) is 77.8 Å². The second-order valence-corrected chi connectivity index (χ2v) is 5.72. The quantitative estimate of drug-likeness (QED) is 0.719. The number of hydrogen-bond donors (Lipinski definition) is 2. The number of hydrogen-bond acceptors (Lipinski definition) is 5. The third-order valence-corrected chi connectivity index (χ3v) is 4.42. The van der Waals surface area contributed by atoms with E-state index in [1.807, 2.05) is 25.1 Å². The molecule has 96 valence electrons. The van der Waals surface area contributed by atoms with Crippen molar-refractivity contribution in [2.75, 3.05) is 11.5 Å². The average molecular weight is 291 g/mol. The number of benzene rings is 1. The summed E-state index contributed by atoms with van der Waals surface area (Å²) in [6.07, 6.45) is 0. The molecule has 0 spiro atoms. The summed E-state index contributed by atoms with van der Waals surface area (Å²) in [7, 11) is 0. The van der Waals surface area contributed by atoms with Crippen LogP contribution in [0.4, 0.5) is 11.8 Å². The number of nitrogens with two attached hydrogens (primary N) is 2. The summed E-state index contributed by atoms with van der Waals surface area (Å²) < 4.78 is 1.16. The fraction of sp³-hybridized carbons (Fsp3) is 0.0769. The predicted octanol–water partition coefficient (Wildman–Crippen LogP) is 3.48. The van der Waals surface area contributed by atoms with Gasteiger partial charge in [-0.05, 0) is 36.1 Å². The molecule has 0 aliphatic rings. The minimum absolute atomic E-state index is 0.185. The molecule has 0 fully saturated rings. The number of aromatic nitrogens is 2. The molecule has 0 aliphatic carbocycles. The molecule has 19 heavy (non-hydrogen) atoms. The molecule has 4 nitrogen and oxygen atoms in total. The van der Waals surface area contributed by atoms with E-state index in [1.165, 1.54) is 0 Å². The summed E-state index contributed by atoms with van der Waals surface area (Å²) in [5.74, 6) is 0.558. The summed E-state index contributed by atoms with van der Waals surface area (Å²) in [6.45, 7) is 2.04. The van der Waals surface area contributed by atoms with Crippen LogP contribution in [0.15, 0.2) is 24.3 Å². The van der Waals surface area contributed by atoms with Crippen molar-refractivity contribution in [3.63, 3.8) is 0 Å². The Hall–Kier alpha value is -1.85. The maximum atomic E-state index is 6.04. The molecule has 0 saturated carbocycles. The molecule has 2 heterocycles. The van der Waals surface area contributed by atoms with E-state index in [1.54, 1.807) is 17.4 Å². The van der Waals surface area contributed by atoms with Crippen LogP contribution in [0.25, 0.3) is 20.7 Å². The maximum Gasteiger partial charge on any atom is 0.222 e. The van der Waals surface area contributed by atoms with Crippen molar-refractivity contribution in [1.82, 2.24) is 9.97 Å². The van der Waals surface area contributed by atoms with E-state index in [-0.39, 0.29) is 5.95 Å². The Morgan fingerprint density at radius 2 is 1.95 bits per heavy atom. The lowest BCUT2D eigenvalue weighted by Crippen LogP contribution is -2.00. The standard InChI is InChI=1S/C13H11ClN4S/c1-6-8-4-7(14)2-3-10(8)19-12(6)9-5-11(15)18-13(16)17-9/h2-5H,1H3,(H4,15,16,17,18). The van der Waals surface area contributed by atoms with Gasteiger partial charge in [0.05, 0.1) is 10.6 Å². The minimum atomic E-state index is 0.185. The number of nitrogens with zero attached hydrogens (tertiary/aromatic N) is 2. The third-order valence-electron chi connectivity index (χ3n) is 2.89. The SMILES string of the molecule is Cc1c(-c2cc(N)nc(N)n2)sc2ccc(Cl)cc12. The molecule has 0 radical (unpaired) electrons. The largest absolute Gasteiger partial charge is 0.384 e. The van der Waals surface area contributed by atoms with E-state index in [0.717, 1.165) is 31.2 Å². The fourth-order valence-electron chi connectivity index (χ4n) is 2.04. The highest BCUT2D eigenvalue weighted by Crippen LogP contribution is 2.38. The molecule has 0 aliphatic heterocycles. The summed E-state index contributed by atoms with van der Waals surface area (Å²) in [5, 5.41) is 1.85. The number of fused-ring (bicyclic) bond motifs is 1. The molecule has 4 N–H and O–H groups in total. The van der Waals surface area contributed by atoms with E-state index in [9.17, 15) is 0 Å². The molecule has 3 aromatic rings. The molecule has 2 aromatic heterocycles. The van der Waals surface area contributed by atoms with Gasteiger partial charge >= 0.3 is 0 Å². The Morgan fingerprint density at radius 1 is 1.16 bits per heavy atom. The van der Waals surface area contributed by atoms with E-state index < -0.39 is 0 Å². The Balaban J connectivity index is 2.27. The summed E-state index contributed by atoms with van der Waals surface area (Å²) >= 11 is 7.68.